The predicted molar refractivity (Wildman–Crippen MR) is 77.0 cm³/mol. The highest BCUT2D eigenvalue weighted by Crippen LogP contribution is 2.28. The fourth-order valence-electron chi connectivity index (χ4n) is 2.15. The van der Waals surface area contributed by atoms with Crippen molar-refractivity contribution in [1.29, 1.82) is 0 Å². The normalized spacial score (nSPS) is 11.0. The van der Waals surface area contributed by atoms with Crippen LogP contribution in [0.25, 0.3) is 10.9 Å². The van der Waals surface area contributed by atoms with Gasteiger partial charge >= 0.3 is 0 Å². The van der Waals surface area contributed by atoms with E-state index < -0.39 is 17.5 Å². The molecule has 1 aromatic heterocycles. The third kappa shape index (κ3) is 2.56. The highest BCUT2D eigenvalue weighted by Gasteiger charge is 2.13. The van der Waals surface area contributed by atoms with Crippen molar-refractivity contribution in [2.24, 2.45) is 0 Å². The van der Waals surface area contributed by atoms with E-state index in [2.05, 4.69) is 10.3 Å². The summed E-state index contributed by atoms with van der Waals surface area (Å²) in [5.74, 6) is -3.21. The number of rotatable bonds is 3. The maximum Gasteiger partial charge on any atom is 0.182 e. The standard InChI is InChI=1S/C15H10ClF3N2/c16-14-9-3-1-2-4-11(9)21-13(14)7-20-12-6-8(17)5-10(18)15(12)19/h1-6,20-21H,7H2. The molecule has 0 aliphatic carbocycles. The van der Waals surface area contributed by atoms with E-state index in [4.69, 9.17) is 11.6 Å². The molecule has 0 aliphatic heterocycles. The van der Waals surface area contributed by atoms with Crippen molar-refractivity contribution in [3.8, 4) is 0 Å². The first-order valence-electron chi connectivity index (χ1n) is 6.20. The Balaban J connectivity index is 1.89. The number of fused-ring (bicyclic) bond motifs is 1. The van der Waals surface area contributed by atoms with E-state index in [1.807, 2.05) is 24.3 Å². The van der Waals surface area contributed by atoms with Crippen molar-refractivity contribution in [2.45, 2.75) is 6.54 Å². The molecule has 3 rings (SSSR count). The molecule has 0 spiro atoms. The van der Waals surface area contributed by atoms with Crippen LogP contribution in [0.5, 0.6) is 0 Å². The quantitative estimate of drug-likeness (QED) is 0.665. The van der Waals surface area contributed by atoms with Crippen LogP contribution >= 0.6 is 11.6 Å². The van der Waals surface area contributed by atoms with Gasteiger partial charge in [0.05, 0.1) is 22.9 Å². The van der Waals surface area contributed by atoms with E-state index in [0.29, 0.717) is 16.8 Å². The minimum atomic E-state index is -1.24. The van der Waals surface area contributed by atoms with Gasteiger partial charge in [-0.25, -0.2) is 13.2 Å². The Morgan fingerprint density at radius 1 is 1.10 bits per heavy atom. The average Bonchev–Trinajstić information content (AvgIpc) is 2.78. The first-order chi connectivity index (χ1) is 10.1. The number of H-pyrrole nitrogens is 1. The van der Waals surface area contributed by atoms with E-state index in [1.54, 1.807) is 0 Å². The molecule has 0 aliphatic rings. The van der Waals surface area contributed by atoms with Gasteiger partial charge in [0.1, 0.15) is 5.82 Å². The van der Waals surface area contributed by atoms with Gasteiger partial charge in [0.2, 0.25) is 0 Å². The molecular formula is C15H10ClF3N2. The van der Waals surface area contributed by atoms with E-state index in [1.165, 1.54) is 0 Å². The van der Waals surface area contributed by atoms with Crippen LogP contribution in [0.15, 0.2) is 36.4 Å². The number of para-hydroxylation sites is 1. The molecule has 0 saturated carbocycles. The molecule has 6 heteroatoms. The number of hydrogen-bond acceptors (Lipinski definition) is 1. The SMILES string of the molecule is Fc1cc(F)c(F)c(NCc2[nH]c3ccccc3c2Cl)c1. The summed E-state index contributed by atoms with van der Waals surface area (Å²) in [7, 11) is 0. The number of anilines is 1. The van der Waals surface area contributed by atoms with Crippen LogP contribution in [0.4, 0.5) is 18.9 Å². The van der Waals surface area contributed by atoms with Gasteiger partial charge in [-0.05, 0) is 6.07 Å². The van der Waals surface area contributed by atoms with Crippen molar-refractivity contribution in [2.75, 3.05) is 5.32 Å². The summed E-state index contributed by atoms with van der Waals surface area (Å²) in [6.45, 7) is 0.118. The molecule has 0 bridgehead atoms. The Hall–Kier alpha value is -2.14. The van der Waals surface area contributed by atoms with Crippen LogP contribution in [0.3, 0.4) is 0 Å². The molecule has 2 aromatic carbocycles. The predicted octanol–water partition coefficient (Wildman–Crippen LogP) is 4.85. The van der Waals surface area contributed by atoms with Crippen LogP contribution in [-0.2, 0) is 6.54 Å². The van der Waals surface area contributed by atoms with Gasteiger partial charge in [0, 0.05) is 23.0 Å². The lowest BCUT2D eigenvalue weighted by Gasteiger charge is -2.07. The largest absolute Gasteiger partial charge is 0.377 e. The van der Waals surface area contributed by atoms with Crippen molar-refractivity contribution in [3.05, 3.63) is 64.6 Å². The summed E-state index contributed by atoms with van der Waals surface area (Å²) in [5.41, 5.74) is 1.20. The van der Waals surface area contributed by atoms with E-state index in [0.717, 1.165) is 17.0 Å². The first-order valence-corrected chi connectivity index (χ1v) is 6.57. The molecule has 2 nitrogen and oxygen atoms in total. The molecule has 0 amide bonds. The van der Waals surface area contributed by atoms with Gasteiger partial charge in [-0.15, -0.1) is 0 Å². The van der Waals surface area contributed by atoms with Crippen LogP contribution in [0, 0.1) is 17.5 Å². The topological polar surface area (TPSA) is 27.8 Å². The van der Waals surface area contributed by atoms with Crippen molar-refractivity contribution in [1.82, 2.24) is 4.98 Å². The summed E-state index contributed by atoms with van der Waals surface area (Å²) in [5, 5.41) is 3.97. The van der Waals surface area contributed by atoms with E-state index in [9.17, 15) is 13.2 Å². The van der Waals surface area contributed by atoms with Crippen molar-refractivity contribution >= 4 is 28.2 Å². The van der Waals surface area contributed by atoms with Gasteiger partial charge in [0.25, 0.3) is 0 Å². The van der Waals surface area contributed by atoms with Gasteiger partial charge in [0.15, 0.2) is 11.6 Å². The van der Waals surface area contributed by atoms with Crippen LogP contribution in [0.1, 0.15) is 5.69 Å². The second-order valence-corrected chi connectivity index (χ2v) is 4.94. The zero-order valence-corrected chi connectivity index (χ0v) is 11.4. The molecule has 0 saturated heterocycles. The molecular weight excluding hydrogens is 301 g/mol. The Kier molecular flexibility index (Phi) is 3.51. The minimum Gasteiger partial charge on any atom is -0.377 e. The lowest BCUT2D eigenvalue weighted by molar-refractivity contribution is 0.497. The minimum absolute atomic E-state index is 0.118. The van der Waals surface area contributed by atoms with Crippen LogP contribution < -0.4 is 5.32 Å². The second-order valence-electron chi connectivity index (χ2n) is 4.57. The number of halogens is 4. The highest BCUT2D eigenvalue weighted by molar-refractivity contribution is 6.36. The summed E-state index contributed by atoms with van der Waals surface area (Å²) in [6, 6.07) is 8.80. The fraction of sp³-hybridized carbons (Fsp3) is 0.0667. The molecule has 0 unspecified atom stereocenters. The number of benzene rings is 2. The van der Waals surface area contributed by atoms with Crippen molar-refractivity contribution < 1.29 is 13.2 Å². The Bertz CT molecular complexity index is 814. The Labute approximate surface area is 123 Å². The number of aromatic nitrogens is 1. The Morgan fingerprint density at radius 2 is 1.86 bits per heavy atom. The molecule has 108 valence electrons. The summed E-state index contributed by atoms with van der Waals surface area (Å²) < 4.78 is 39.8. The van der Waals surface area contributed by atoms with Gasteiger partial charge in [-0.1, -0.05) is 29.8 Å². The number of aromatic amines is 1. The van der Waals surface area contributed by atoms with Gasteiger partial charge in [-0.2, -0.15) is 0 Å². The molecule has 0 atom stereocenters. The van der Waals surface area contributed by atoms with Gasteiger partial charge < -0.3 is 10.3 Å². The van der Waals surface area contributed by atoms with E-state index >= 15 is 0 Å². The molecule has 0 radical (unpaired) electrons. The maximum absolute atomic E-state index is 13.5. The second kappa shape index (κ2) is 5.33. The summed E-state index contributed by atoms with van der Waals surface area (Å²) in [4.78, 5) is 3.08. The average molecular weight is 311 g/mol. The Morgan fingerprint density at radius 3 is 2.62 bits per heavy atom. The lowest BCUT2D eigenvalue weighted by Crippen LogP contribution is -2.04. The zero-order valence-electron chi connectivity index (χ0n) is 10.7. The highest BCUT2D eigenvalue weighted by atomic mass is 35.5. The molecule has 3 aromatic rings. The van der Waals surface area contributed by atoms with E-state index in [-0.39, 0.29) is 12.2 Å². The smallest absolute Gasteiger partial charge is 0.182 e. The molecule has 2 N–H and O–H groups in total. The zero-order chi connectivity index (χ0) is 15.0. The third-order valence-corrected chi connectivity index (χ3v) is 3.59. The molecule has 0 fully saturated rings. The number of hydrogen-bond donors (Lipinski definition) is 2. The lowest BCUT2D eigenvalue weighted by atomic mass is 10.2. The van der Waals surface area contributed by atoms with Crippen LogP contribution in [0.2, 0.25) is 5.02 Å². The first kappa shape index (κ1) is 13.8. The number of nitrogens with one attached hydrogen (secondary N) is 2. The summed E-state index contributed by atoms with van der Waals surface area (Å²) in [6.07, 6.45) is 0. The van der Waals surface area contributed by atoms with Crippen molar-refractivity contribution in [3.63, 3.8) is 0 Å². The molecule has 21 heavy (non-hydrogen) atoms. The monoisotopic (exact) mass is 310 g/mol. The maximum atomic E-state index is 13.5. The third-order valence-electron chi connectivity index (χ3n) is 3.16. The molecule has 1 heterocycles. The fourth-order valence-corrected chi connectivity index (χ4v) is 2.43. The van der Waals surface area contributed by atoms with Crippen LogP contribution in [-0.4, -0.2) is 4.98 Å². The summed E-state index contributed by atoms with van der Waals surface area (Å²) >= 11 is 6.21. The van der Waals surface area contributed by atoms with Gasteiger partial charge in [-0.3, -0.25) is 0 Å².